The van der Waals surface area contributed by atoms with E-state index in [1.165, 1.54) is 6.07 Å². The molecule has 0 aliphatic carbocycles. The molecule has 0 fully saturated rings. The molecule has 4 heteroatoms. The van der Waals surface area contributed by atoms with Gasteiger partial charge in [0, 0.05) is 9.86 Å². The molecule has 0 unspecified atom stereocenters. The summed E-state index contributed by atoms with van der Waals surface area (Å²) < 4.78 is 14.0. The molecular weight excluding hydrogens is 268 g/mol. The molecule has 1 aromatic heterocycles. The number of aromatic nitrogens is 1. The summed E-state index contributed by atoms with van der Waals surface area (Å²) in [7, 11) is 0. The van der Waals surface area contributed by atoms with Crippen LogP contribution >= 0.6 is 27.5 Å². The SMILES string of the molecule is Cc1cc(Br)cc2cc(F)c(Cl)nc12. The molecule has 0 spiro atoms. The van der Waals surface area contributed by atoms with Crippen LogP contribution in [0.15, 0.2) is 22.7 Å². The Hall–Kier alpha value is -0.670. The number of benzene rings is 1. The van der Waals surface area contributed by atoms with Crippen LogP contribution in [-0.4, -0.2) is 4.98 Å². The van der Waals surface area contributed by atoms with Crippen molar-refractivity contribution in [3.63, 3.8) is 0 Å². The first-order chi connectivity index (χ1) is 6.58. The summed E-state index contributed by atoms with van der Waals surface area (Å²) in [6, 6.07) is 5.13. The third-order valence-corrected chi connectivity index (χ3v) is 2.71. The van der Waals surface area contributed by atoms with Gasteiger partial charge in [0.1, 0.15) is 0 Å². The average Bonchev–Trinajstić information content (AvgIpc) is 2.08. The van der Waals surface area contributed by atoms with Gasteiger partial charge >= 0.3 is 0 Å². The molecule has 2 rings (SSSR count). The summed E-state index contributed by atoms with van der Waals surface area (Å²) in [6.07, 6.45) is 0. The molecule has 1 heterocycles. The lowest BCUT2D eigenvalue weighted by molar-refractivity contribution is 0.625. The van der Waals surface area contributed by atoms with Crippen molar-refractivity contribution in [2.45, 2.75) is 6.92 Å². The fourth-order valence-electron chi connectivity index (χ4n) is 1.37. The fourth-order valence-corrected chi connectivity index (χ4v) is 2.10. The first-order valence-electron chi connectivity index (χ1n) is 4.00. The van der Waals surface area contributed by atoms with Crippen LogP contribution < -0.4 is 0 Å². The normalized spacial score (nSPS) is 10.9. The highest BCUT2D eigenvalue weighted by Crippen LogP contribution is 2.25. The topological polar surface area (TPSA) is 12.9 Å². The maximum Gasteiger partial charge on any atom is 0.165 e. The van der Waals surface area contributed by atoms with Crippen LogP contribution in [0.3, 0.4) is 0 Å². The minimum atomic E-state index is -0.489. The van der Waals surface area contributed by atoms with Crippen LogP contribution in [0.1, 0.15) is 5.56 Å². The second kappa shape index (κ2) is 3.48. The Morgan fingerprint density at radius 1 is 1.36 bits per heavy atom. The van der Waals surface area contributed by atoms with Gasteiger partial charge in [-0.15, -0.1) is 0 Å². The summed E-state index contributed by atoms with van der Waals surface area (Å²) in [5.74, 6) is -0.489. The first-order valence-corrected chi connectivity index (χ1v) is 5.17. The molecular formula is C10H6BrClFN. The van der Waals surface area contributed by atoms with Crippen molar-refractivity contribution in [1.82, 2.24) is 4.98 Å². The highest BCUT2D eigenvalue weighted by atomic mass is 79.9. The number of halogens is 3. The van der Waals surface area contributed by atoms with Crippen molar-refractivity contribution >= 4 is 38.4 Å². The number of hydrogen-bond acceptors (Lipinski definition) is 1. The smallest absolute Gasteiger partial charge is 0.165 e. The fraction of sp³-hybridized carbons (Fsp3) is 0.100. The van der Waals surface area contributed by atoms with Crippen molar-refractivity contribution in [2.75, 3.05) is 0 Å². The van der Waals surface area contributed by atoms with Crippen LogP contribution in [-0.2, 0) is 0 Å². The quantitative estimate of drug-likeness (QED) is 0.659. The number of aryl methyl sites for hydroxylation is 1. The van der Waals surface area contributed by atoms with Crippen LogP contribution in [0.4, 0.5) is 4.39 Å². The van der Waals surface area contributed by atoms with E-state index in [-0.39, 0.29) is 5.15 Å². The van der Waals surface area contributed by atoms with Gasteiger partial charge in [0.05, 0.1) is 5.52 Å². The molecule has 2 aromatic rings. The zero-order valence-electron chi connectivity index (χ0n) is 7.31. The monoisotopic (exact) mass is 273 g/mol. The molecule has 0 saturated heterocycles. The second-order valence-corrected chi connectivity index (χ2v) is 4.33. The number of pyridine rings is 1. The Labute approximate surface area is 94.0 Å². The van der Waals surface area contributed by atoms with Crippen LogP contribution in [0.25, 0.3) is 10.9 Å². The molecule has 14 heavy (non-hydrogen) atoms. The van der Waals surface area contributed by atoms with Gasteiger partial charge in [-0.25, -0.2) is 9.37 Å². The predicted octanol–water partition coefficient (Wildman–Crippen LogP) is 4.10. The Balaban J connectivity index is 2.89. The Morgan fingerprint density at radius 2 is 2.07 bits per heavy atom. The number of fused-ring (bicyclic) bond motifs is 1. The van der Waals surface area contributed by atoms with Gasteiger partial charge in [0.2, 0.25) is 0 Å². The van der Waals surface area contributed by atoms with Crippen molar-refractivity contribution < 1.29 is 4.39 Å². The second-order valence-electron chi connectivity index (χ2n) is 3.06. The molecule has 0 bridgehead atoms. The summed E-state index contributed by atoms with van der Waals surface area (Å²) in [6.45, 7) is 1.91. The number of rotatable bonds is 0. The van der Waals surface area contributed by atoms with Crippen molar-refractivity contribution in [3.8, 4) is 0 Å². The molecule has 0 N–H and O–H groups in total. The number of nitrogens with zero attached hydrogens (tertiary/aromatic N) is 1. The van der Waals surface area contributed by atoms with E-state index in [0.29, 0.717) is 0 Å². The van der Waals surface area contributed by atoms with Gasteiger partial charge in [-0.1, -0.05) is 27.5 Å². The third kappa shape index (κ3) is 1.62. The molecule has 0 radical (unpaired) electrons. The van der Waals surface area contributed by atoms with E-state index in [0.717, 1.165) is 20.9 Å². The van der Waals surface area contributed by atoms with E-state index in [4.69, 9.17) is 11.6 Å². The Bertz CT molecular complexity index is 513. The minimum Gasteiger partial charge on any atom is -0.233 e. The van der Waals surface area contributed by atoms with E-state index in [1.807, 2.05) is 19.1 Å². The van der Waals surface area contributed by atoms with Crippen LogP contribution in [0.2, 0.25) is 5.15 Å². The van der Waals surface area contributed by atoms with E-state index < -0.39 is 5.82 Å². The molecule has 0 aliphatic heterocycles. The van der Waals surface area contributed by atoms with Gasteiger partial charge in [0.25, 0.3) is 0 Å². The van der Waals surface area contributed by atoms with E-state index in [2.05, 4.69) is 20.9 Å². The van der Waals surface area contributed by atoms with E-state index >= 15 is 0 Å². The van der Waals surface area contributed by atoms with Gasteiger partial charge < -0.3 is 0 Å². The zero-order valence-corrected chi connectivity index (χ0v) is 9.66. The summed E-state index contributed by atoms with van der Waals surface area (Å²) >= 11 is 8.94. The molecule has 0 amide bonds. The lowest BCUT2D eigenvalue weighted by atomic mass is 10.1. The van der Waals surface area contributed by atoms with Crippen molar-refractivity contribution in [1.29, 1.82) is 0 Å². The van der Waals surface area contributed by atoms with E-state index in [1.54, 1.807) is 0 Å². The Kier molecular flexibility index (Phi) is 2.45. The highest BCUT2D eigenvalue weighted by molar-refractivity contribution is 9.10. The lowest BCUT2D eigenvalue weighted by Crippen LogP contribution is -1.88. The molecule has 1 aromatic carbocycles. The predicted molar refractivity (Wildman–Crippen MR) is 59.1 cm³/mol. The van der Waals surface area contributed by atoms with Crippen molar-refractivity contribution in [3.05, 3.63) is 39.2 Å². The van der Waals surface area contributed by atoms with Crippen molar-refractivity contribution in [2.24, 2.45) is 0 Å². The average molecular weight is 275 g/mol. The Morgan fingerprint density at radius 3 is 2.79 bits per heavy atom. The largest absolute Gasteiger partial charge is 0.233 e. The minimum absolute atomic E-state index is 0.0806. The molecule has 0 saturated carbocycles. The van der Waals surface area contributed by atoms with Crippen LogP contribution in [0.5, 0.6) is 0 Å². The number of hydrogen-bond donors (Lipinski definition) is 0. The molecule has 72 valence electrons. The first kappa shape index (κ1) is 9.87. The molecule has 0 aliphatic rings. The maximum atomic E-state index is 13.1. The molecule has 0 atom stereocenters. The summed E-state index contributed by atoms with van der Waals surface area (Å²) in [5.41, 5.74) is 1.70. The van der Waals surface area contributed by atoms with E-state index in [9.17, 15) is 4.39 Å². The maximum absolute atomic E-state index is 13.1. The standard InChI is InChI=1S/C10H6BrClFN/c1-5-2-7(11)3-6-4-8(13)10(12)14-9(5)6/h2-4H,1H3. The van der Waals surface area contributed by atoms with Gasteiger partial charge in [-0.05, 0) is 30.7 Å². The van der Waals surface area contributed by atoms with Crippen LogP contribution in [0, 0.1) is 12.7 Å². The summed E-state index contributed by atoms with van der Waals surface area (Å²) in [5, 5.41) is 0.668. The molecule has 1 nitrogen and oxygen atoms in total. The van der Waals surface area contributed by atoms with Gasteiger partial charge in [-0.3, -0.25) is 0 Å². The zero-order chi connectivity index (χ0) is 10.3. The lowest BCUT2D eigenvalue weighted by Gasteiger charge is -2.03. The highest BCUT2D eigenvalue weighted by Gasteiger charge is 2.06. The third-order valence-electron chi connectivity index (χ3n) is 1.98. The van der Waals surface area contributed by atoms with Gasteiger partial charge in [-0.2, -0.15) is 0 Å². The summed E-state index contributed by atoms with van der Waals surface area (Å²) in [4.78, 5) is 3.99. The van der Waals surface area contributed by atoms with Gasteiger partial charge in [0.15, 0.2) is 11.0 Å².